The van der Waals surface area contributed by atoms with E-state index in [1.54, 1.807) is 24.3 Å². The SMILES string of the molecule is O=c1[nH]c2ccc(NCc3cc(Cl)ccc3OCc3c(Cl)cccc3Cl)cc2[nH]1. The molecule has 148 valence electrons. The summed E-state index contributed by atoms with van der Waals surface area (Å²) in [5.41, 5.74) is 3.71. The highest BCUT2D eigenvalue weighted by atomic mass is 35.5. The minimum absolute atomic E-state index is 0.235. The molecule has 4 aromatic rings. The van der Waals surface area contributed by atoms with Crippen LogP contribution in [-0.2, 0) is 13.2 Å². The summed E-state index contributed by atoms with van der Waals surface area (Å²) in [7, 11) is 0. The zero-order valence-electron chi connectivity index (χ0n) is 15.1. The summed E-state index contributed by atoms with van der Waals surface area (Å²) in [6.45, 7) is 0.718. The number of hydrogen-bond donors (Lipinski definition) is 3. The average molecular weight is 449 g/mol. The number of aromatic amines is 2. The van der Waals surface area contributed by atoms with Gasteiger partial charge in [0, 0.05) is 38.4 Å². The number of rotatable bonds is 6. The molecule has 0 radical (unpaired) electrons. The van der Waals surface area contributed by atoms with Crippen LogP contribution >= 0.6 is 34.8 Å². The number of aromatic nitrogens is 2. The molecule has 3 aromatic carbocycles. The van der Waals surface area contributed by atoms with Crippen LogP contribution in [0.25, 0.3) is 11.0 Å². The normalized spacial score (nSPS) is 11.0. The molecule has 3 N–H and O–H groups in total. The molecule has 0 aliphatic carbocycles. The first-order valence-electron chi connectivity index (χ1n) is 8.79. The smallest absolute Gasteiger partial charge is 0.323 e. The summed E-state index contributed by atoms with van der Waals surface area (Å²) in [6.07, 6.45) is 0. The summed E-state index contributed by atoms with van der Waals surface area (Å²) in [4.78, 5) is 16.9. The van der Waals surface area contributed by atoms with Gasteiger partial charge in [-0.1, -0.05) is 40.9 Å². The molecule has 5 nitrogen and oxygen atoms in total. The Kier molecular flexibility index (Phi) is 5.72. The van der Waals surface area contributed by atoms with E-state index in [0.29, 0.717) is 27.4 Å². The Morgan fingerprint density at radius 2 is 1.66 bits per heavy atom. The van der Waals surface area contributed by atoms with Crippen LogP contribution in [0.5, 0.6) is 5.75 Å². The van der Waals surface area contributed by atoms with Crippen LogP contribution in [0.1, 0.15) is 11.1 Å². The fourth-order valence-electron chi connectivity index (χ4n) is 2.99. The number of fused-ring (bicyclic) bond motifs is 1. The molecule has 29 heavy (non-hydrogen) atoms. The van der Waals surface area contributed by atoms with Crippen LogP contribution in [-0.4, -0.2) is 9.97 Å². The van der Waals surface area contributed by atoms with Crippen LogP contribution in [0, 0.1) is 0 Å². The summed E-state index contributed by atoms with van der Waals surface area (Å²) >= 11 is 18.6. The highest BCUT2D eigenvalue weighted by molar-refractivity contribution is 6.36. The van der Waals surface area contributed by atoms with Gasteiger partial charge >= 0.3 is 5.69 Å². The Morgan fingerprint density at radius 3 is 2.45 bits per heavy atom. The van der Waals surface area contributed by atoms with Crippen molar-refractivity contribution in [3.63, 3.8) is 0 Å². The molecule has 8 heteroatoms. The van der Waals surface area contributed by atoms with Gasteiger partial charge in [0.15, 0.2) is 0 Å². The second-order valence-corrected chi connectivity index (χ2v) is 7.68. The van der Waals surface area contributed by atoms with Crippen LogP contribution in [0.4, 0.5) is 5.69 Å². The van der Waals surface area contributed by atoms with E-state index in [1.807, 2.05) is 30.3 Å². The maximum absolute atomic E-state index is 11.4. The largest absolute Gasteiger partial charge is 0.488 e. The fourth-order valence-corrected chi connectivity index (χ4v) is 3.69. The molecule has 0 aliphatic heterocycles. The lowest BCUT2D eigenvalue weighted by Gasteiger charge is -2.15. The molecule has 1 heterocycles. The van der Waals surface area contributed by atoms with E-state index in [1.165, 1.54) is 0 Å². The summed E-state index contributed by atoms with van der Waals surface area (Å²) < 4.78 is 5.98. The van der Waals surface area contributed by atoms with Gasteiger partial charge in [0.1, 0.15) is 12.4 Å². The third-order valence-corrected chi connectivity index (χ3v) is 5.40. The van der Waals surface area contributed by atoms with E-state index in [2.05, 4.69) is 15.3 Å². The molecule has 0 saturated heterocycles. The van der Waals surface area contributed by atoms with Gasteiger partial charge in [0.2, 0.25) is 0 Å². The Labute approximate surface area is 181 Å². The number of imidazole rings is 1. The lowest BCUT2D eigenvalue weighted by molar-refractivity contribution is 0.303. The van der Waals surface area contributed by atoms with Gasteiger partial charge in [-0.05, 0) is 48.5 Å². The molecule has 0 amide bonds. The molecule has 0 saturated carbocycles. The standard InChI is InChI=1S/C21H16Cl3N3O2/c22-13-4-7-20(29-11-15-16(23)2-1-3-17(15)24)12(8-13)10-25-14-5-6-18-19(9-14)27-21(28)26-18/h1-9,25H,10-11H2,(H2,26,27,28). The van der Waals surface area contributed by atoms with Gasteiger partial charge in [0.05, 0.1) is 11.0 Å². The van der Waals surface area contributed by atoms with Crippen molar-refractivity contribution < 1.29 is 4.74 Å². The predicted octanol–water partition coefficient (Wildman–Crippen LogP) is 6.01. The van der Waals surface area contributed by atoms with Crippen molar-refractivity contribution >= 4 is 51.5 Å². The van der Waals surface area contributed by atoms with E-state index in [-0.39, 0.29) is 12.3 Å². The molecule has 1 aromatic heterocycles. The molecular weight excluding hydrogens is 433 g/mol. The number of halogens is 3. The first-order chi connectivity index (χ1) is 14.0. The van der Waals surface area contributed by atoms with Crippen molar-refractivity contribution in [2.24, 2.45) is 0 Å². The zero-order chi connectivity index (χ0) is 20.4. The maximum Gasteiger partial charge on any atom is 0.323 e. The number of anilines is 1. The Hall–Kier alpha value is -2.60. The Bertz CT molecular complexity index is 1210. The minimum atomic E-state index is -0.235. The Morgan fingerprint density at radius 1 is 0.897 bits per heavy atom. The second kappa shape index (κ2) is 8.41. The lowest BCUT2D eigenvalue weighted by atomic mass is 10.2. The molecule has 0 fully saturated rings. The number of hydrogen-bond acceptors (Lipinski definition) is 3. The number of benzene rings is 3. The summed E-state index contributed by atoms with van der Waals surface area (Å²) in [6, 6.07) is 16.4. The van der Waals surface area contributed by atoms with Crippen molar-refractivity contribution in [3.8, 4) is 5.75 Å². The van der Waals surface area contributed by atoms with E-state index in [0.717, 1.165) is 27.8 Å². The van der Waals surface area contributed by atoms with Gasteiger partial charge in [-0.2, -0.15) is 0 Å². The number of H-pyrrole nitrogens is 2. The van der Waals surface area contributed by atoms with Crippen LogP contribution < -0.4 is 15.7 Å². The number of ether oxygens (including phenoxy) is 1. The highest BCUT2D eigenvalue weighted by Gasteiger charge is 2.10. The van der Waals surface area contributed by atoms with E-state index >= 15 is 0 Å². The first kappa shape index (κ1) is 19.7. The fraction of sp³-hybridized carbons (Fsp3) is 0.0952. The summed E-state index contributed by atoms with van der Waals surface area (Å²) in [5, 5.41) is 5.04. The Balaban J connectivity index is 1.52. The van der Waals surface area contributed by atoms with E-state index < -0.39 is 0 Å². The van der Waals surface area contributed by atoms with Gasteiger partial charge in [0.25, 0.3) is 0 Å². The third kappa shape index (κ3) is 4.53. The zero-order valence-corrected chi connectivity index (χ0v) is 17.3. The molecular formula is C21H16Cl3N3O2. The first-order valence-corrected chi connectivity index (χ1v) is 9.93. The van der Waals surface area contributed by atoms with Crippen molar-refractivity contribution in [1.82, 2.24) is 9.97 Å². The molecule has 0 unspecified atom stereocenters. The van der Waals surface area contributed by atoms with E-state index in [9.17, 15) is 4.79 Å². The predicted molar refractivity (Wildman–Crippen MR) is 118 cm³/mol. The van der Waals surface area contributed by atoms with Gasteiger partial charge in [-0.15, -0.1) is 0 Å². The molecule has 4 rings (SSSR count). The van der Waals surface area contributed by atoms with Gasteiger partial charge in [-0.25, -0.2) is 4.79 Å². The van der Waals surface area contributed by atoms with Crippen molar-refractivity contribution in [2.45, 2.75) is 13.2 Å². The molecule has 0 spiro atoms. The van der Waals surface area contributed by atoms with Gasteiger partial charge in [-0.3, -0.25) is 0 Å². The lowest BCUT2D eigenvalue weighted by Crippen LogP contribution is -2.04. The quantitative estimate of drug-likeness (QED) is 0.338. The summed E-state index contributed by atoms with van der Waals surface area (Å²) in [5.74, 6) is 0.675. The third-order valence-electron chi connectivity index (χ3n) is 4.46. The van der Waals surface area contributed by atoms with Gasteiger partial charge < -0.3 is 20.0 Å². The molecule has 0 bridgehead atoms. The topological polar surface area (TPSA) is 69.9 Å². The van der Waals surface area contributed by atoms with E-state index in [4.69, 9.17) is 39.5 Å². The number of nitrogens with one attached hydrogen (secondary N) is 3. The maximum atomic E-state index is 11.4. The van der Waals surface area contributed by atoms with Crippen LogP contribution in [0.15, 0.2) is 59.4 Å². The van der Waals surface area contributed by atoms with Crippen LogP contribution in [0.2, 0.25) is 15.1 Å². The average Bonchev–Trinajstić information content (AvgIpc) is 3.06. The molecule has 0 atom stereocenters. The van der Waals surface area contributed by atoms with Crippen molar-refractivity contribution in [3.05, 3.63) is 91.3 Å². The monoisotopic (exact) mass is 447 g/mol. The molecule has 0 aliphatic rings. The van der Waals surface area contributed by atoms with Crippen molar-refractivity contribution in [2.75, 3.05) is 5.32 Å². The second-order valence-electron chi connectivity index (χ2n) is 6.43. The van der Waals surface area contributed by atoms with Crippen LogP contribution in [0.3, 0.4) is 0 Å². The minimum Gasteiger partial charge on any atom is -0.488 e. The van der Waals surface area contributed by atoms with Crippen molar-refractivity contribution in [1.29, 1.82) is 0 Å². The highest BCUT2D eigenvalue weighted by Crippen LogP contribution is 2.29.